The van der Waals surface area contributed by atoms with Gasteiger partial charge in [-0.1, -0.05) is 6.07 Å². The number of thiophene rings is 1. The van der Waals surface area contributed by atoms with Crippen LogP contribution in [-0.4, -0.2) is 45.3 Å². The molecule has 1 aliphatic heterocycles. The summed E-state index contributed by atoms with van der Waals surface area (Å²) >= 11 is 1.66. The van der Waals surface area contributed by atoms with Crippen molar-refractivity contribution in [3.05, 3.63) is 22.4 Å². The number of rotatable bonds is 4. The van der Waals surface area contributed by atoms with Gasteiger partial charge < -0.3 is 14.4 Å². The zero-order valence-electron chi connectivity index (χ0n) is 10.3. The highest BCUT2D eigenvalue weighted by molar-refractivity contribution is 7.10. The minimum atomic E-state index is -0.552. The molecular weight excluding hydrogens is 238 g/mol. The standard InChI is InChI=1S/C12H17NO3S/c1-13(2)10(9-5-4-6-17-9)12(7-16-8-12)11(14)15-3/h4-6,10H,7-8H2,1-3H3. The van der Waals surface area contributed by atoms with E-state index in [4.69, 9.17) is 9.47 Å². The van der Waals surface area contributed by atoms with Crippen molar-refractivity contribution in [3.8, 4) is 0 Å². The molecule has 0 saturated carbocycles. The largest absolute Gasteiger partial charge is 0.468 e. The average molecular weight is 255 g/mol. The SMILES string of the molecule is COC(=O)C1(C(c2cccs2)N(C)C)COC1. The molecule has 5 heteroatoms. The lowest BCUT2D eigenvalue weighted by molar-refractivity contribution is -0.196. The van der Waals surface area contributed by atoms with E-state index < -0.39 is 5.41 Å². The Labute approximate surface area is 105 Å². The molecule has 0 radical (unpaired) electrons. The molecule has 1 saturated heterocycles. The molecule has 1 unspecified atom stereocenters. The molecule has 1 fully saturated rings. The summed E-state index contributed by atoms with van der Waals surface area (Å²) in [5.74, 6) is -0.184. The number of nitrogens with zero attached hydrogens (tertiary/aromatic N) is 1. The summed E-state index contributed by atoms with van der Waals surface area (Å²) in [7, 11) is 5.39. The quantitative estimate of drug-likeness (QED) is 0.765. The van der Waals surface area contributed by atoms with E-state index in [-0.39, 0.29) is 12.0 Å². The van der Waals surface area contributed by atoms with Gasteiger partial charge in [-0.3, -0.25) is 4.79 Å². The molecule has 2 rings (SSSR count). The van der Waals surface area contributed by atoms with Crippen molar-refractivity contribution in [2.45, 2.75) is 6.04 Å². The van der Waals surface area contributed by atoms with Crippen LogP contribution in [0.5, 0.6) is 0 Å². The van der Waals surface area contributed by atoms with Gasteiger partial charge in [0.05, 0.1) is 26.4 Å². The topological polar surface area (TPSA) is 38.8 Å². The van der Waals surface area contributed by atoms with Crippen LogP contribution in [0.2, 0.25) is 0 Å². The predicted molar refractivity (Wildman–Crippen MR) is 66.0 cm³/mol. The fraction of sp³-hybridized carbons (Fsp3) is 0.583. The van der Waals surface area contributed by atoms with E-state index in [1.807, 2.05) is 25.5 Å². The molecule has 0 amide bonds. The number of methoxy groups -OCH3 is 1. The molecule has 17 heavy (non-hydrogen) atoms. The first-order valence-electron chi connectivity index (χ1n) is 5.48. The summed E-state index contributed by atoms with van der Waals surface area (Å²) < 4.78 is 10.2. The van der Waals surface area contributed by atoms with E-state index in [1.54, 1.807) is 11.3 Å². The Balaban J connectivity index is 2.35. The van der Waals surface area contributed by atoms with Gasteiger partial charge >= 0.3 is 5.97 Å². The second-order valence-electron chi connectivity index (χ2n) is 4.52. The van der Waals surface area contributed by atoms with Crippen molar-refractivity contribution in [3.63, 3.8) is 0 Å². The number of carbonyl (C=O) groups excluding carboxylic acids is 1. The summed E-state index contributed by atoms with van der Waals surface area (Å²) in [5, 5.41) is 2.02. The minimum Gasteiger partial charge on any atom is -0.468 e. The first-order chi connectivity index (χ1) is 8.12. The van der Waals surface area contributed by atoms with Crippen LogP contribution in [0.3, 0.4) is 0 Å². The molecule has 1 aliphatic rings. The molecule has 0 bridgehead atoms. The van der Waals surface area contributed by atoms with Crippen LogP contribution in [-0.2, 0) is 14.3 Å². The number of carbonyl (C=O) groups is 1. The molecule has 94 valence electrons. The van der Waals surface area contributed by atoms with Gasteiger partial charge in [-0.25, -0.2) is 0 Å². The minimum absolute atomic E-state index is 0.0173. The maximum absolute atomic E-state index is 12.0. The first-order valence-corrected chi connectivity index (χ1v) is 6.36. The van der Waals surface area contributed by atoms with Gasteiger partial charge in [0.15, 0.2) is 0 Å². The fourth-order valence-electron chi connectivity index (χ4n) is 2.38. The van der Waals surface area contributed by atoms with Gasteiger partial charge in [-0.2, -0.15) is 0 Å². The van der Waals surface area contributed by atoms with Crippen molar-refractivity contribution in [1.82, 2.24) is 4.90 Å². The molecule has 0 N–H and O–H groups in total. The maximum atomic E-state index is 12.0. The van der Waals surface area contributed by atoms with E-state index in [2.05, 4.69) is 11.0 Å². The highest BCUT2D eigenvalue weighted by Gasteiger charge is 2.55. The Bertz CT molecular complexity index is 384. The lowest BCUT2D eigenvalue weighted by Crippen LogP contribution is -2.56. The number of hydrogen-bond acceptors (Lipinski definition) is 5. The van der Waals surface area contributed by atoms with Gasteiger partial charge in [-0.05, 0) is 25.5 Å². The van der Waals surface area contributed by atoms with E-state index >= 15 is 0 Å². The zero-order chi connectivity index (χ0) is 12.5. The Morgan fingerprint density at radius 3 is 2.65 bits per heavy atom. The van der Waals surface area contributed by atoms with Crippen molar-refractivity contribution in [2.24, 2.45) is 5.41 Å². The number of ether oxygens (including phenoxy) is 2. The van der Waals surface area contributed by atoms with E-state index in [1.165, 1.54) is 12.0 Å². The Morgan fingerprint density at radius 2 is 2.29 bits per heavy atom. The lowest BCUT2D eigenvalue weighted by atomic mass is 9.77. The summed E-state index contributed by atoms with van der Waals surface area (Å²) in [6.45, 7) is 0.862. The monoisotopic (exact) mass is 255 g/mol. The van der Waals surface area contributed by atoms with E-state index in [9.17, 15) is 4.79 Å². The second kappa shape index (κ2) is 4.76. The Morgan fingerprint density at radius 1 is 1.59 bits per heavy atom. The van der Waals surface area contributed by atoms with Crippen molar-refractivity contribution in [2.75, 3.05) is 34.4 Å². The summed E-state index contributed by atoms with van der Waals surface area (Å²) in [4.78, 5) is 15.3. The third-order valence-electron chi connectivity index (χ3n) is 3.16. The molecule has 1 aromatic rings. The predicted octanol–water partition coefficient (Wildman–Crippen LogP) is 1.54. The van der Waals surface area contributed by atoms with E-state index in [0.29, 0.717) is 13.2 Å². The molecule has 1 atom stereocenters. The zero-order valence-corrected chi connectivity index (χ0v) is 11.1. The summed E-state index contributed by atoms with van der Waals surface area (Å²) in [5.41, 5.74) is -0.552. The van der Waals surface area contributed by atoms with Gasteiger partial charge in [0, 0.05) is 4.88 Å². The molecule has 0 spiro atoms. The van der Waals surface area contributed by atoms with Crippen LogP contribution in [0.25, 0.3) is 0 Å². The van der Waals surface area contributed by atoms with Crippen LogP contribution in [0.15, 0.2) is 17.5 Å². The third-order valence-corrected chi connectivity index (χ3v) is 4.09. The molecule has 4 nitrogen and oxygen atoms in total. The lowest BCUT2D eigenvalue weighted by Gasteiger charge is -2.46. The van der Waals surface area contributed by atoms with Gasteiger partial charge in [-0.15, -0.1) is 11.3 Å². The van der Waals surface area contributed by atoms with Crippen LogP contribution >= 0.6 is 11.3 Å². The van der Waals surface area contributed by atoms with Crippen LogP contribution < -0.4 is 0 Å². The molecule has 1 aromatic heterocycles. The van der Waals surface area contributed by atoms with Crippen LogP contribution in [0, 0.1) is 5.41 Å². The average Bonchev–Trinajstić information content (AvgIpc) is 2.74. The van der Waals surface area contributed by atoms with Gasteiger partial charge in [0.2, 0.25) is 0 Å². The van der Waals surface area contributed by atoms with Crippen LogP contribution in [0.1, 0.15) is 10.9 Å². The molecule has 0 aliphatic carbocycles. The number of hydrogen-bond donors (Lipinski definition) is 0. The third kappa shape index (κ3) is 1.99. The van der Waals surface area contributed by atoms with Gasteiger partial charge in [0.1, 0.15) is 5.41 Å². The molecule has 2 heterocycles. The fourth-order valence-corrected chi connectivity index (χ4v) is 3.42. The second-order valence-corrected chi connectivity index (χ2v) is 5.50. The highest BCUT2D eigenvalue weighted by Crippen LogP contribution is 2.45. The van der Waals surface area contributed by atoms with Crippen molar-refractivity contribution >= 4 is 17.3 Å². The van der Waals surface area contributed by atoms with Crippen LogP contribution in [0.4, 0.5) is 0 Å². The number of esters is 1. The summed E-state index contributed by atoms with van der Waals surface area (Å²) in [6, 6.07) is 4.07. The van der Waals surface area contributed by atoms with Crippen molar-refractivity contribution in [1.29, 1.82) is 0 Å². The Hall–Kier alpha value is -0.910. The molecular formula is C12H17NO3S. The Kier molecular flexibility index (Phi) is 3.51. The van der Waals surface area contributed by atoms with Gasteiger partial charge in [0.25, 0.3) is 0 Å². The summed E-state index contributed by atoms with van der Waals surface area (Å²) in [6.07, 6.45) is 0. The smallest absolute Gasteiger partial charge is 0.318 e. The molecule has 0 aromatic carbocycles. The maximum Gasteiger partial charge on any atom is 0.318 e. The van der Waals surface area contributed by atoms with Crippen molar-refractivity contribution < 1.29 is 14.3 Å². The normalized spacial score (nSPS) is 19.8. The van der Waals surface area contributed by atoms with E-state index in [0.717, 1.165) is 0 Å². The first kappa shape index (κ1) is 12.5. The highest BCUT2D eigenvalue weighted by atomic mass is 32.1.